The molecule has 0 radical (unpaired) electrons. The molecule has 4 rings (SSSR count). The lowest BCUT2D eigenvalue weighted by molar-refractivity contribution is -0.385. The molecule has 0 N–H and O–H groups in total. The van der Waals surface area contributed by atoms with Gasteiger partial charge in [-0.2, -0.15) is 0 Å². The number of nitro groups is 1. The van der Waals surface area contributed by atoms with Crippen LogP contribution < -0.4 is 15.1 Å². The summed E-state index contributed by atoms with van der Waals surface area (Å²) < 4.78 is 22.6. The van der Waals surface area contributed by atoms with Gasteiger partial charge in [0.2, 0.25) is 0 Å². The van der Waals surface area contributed by atoms with Gasteiger partial charge < -0.3 is 18.6 Å². The first-order valence-corrected chi connectivity index (χ1v) is 10.1. The van der Waals surface area contributed by atoms with Crippen LogP contribution >= 0.6 is 0 Å². The lowest BCUT2D eigenvalue weighted by Gasteiger charge is -2.39. The first kappa shape index (κ1) is 21.6. The maximum Gasteiger partial charge on any atom is 0.336 e. The number of hydrogen-bond acceptors (Lipinski definition) is 7. The number of nitrogens with zero attached hydrogens (tertiary/aromatic N) is 1. The minimum atomic E-state index is -0.583. The van der Waals surface area contributed by atoms with Crippen molar-refractivity contribution in [3.63, 3.8) is 0 Å². The highest BCUT2D eigenvalue weighted by Crippen LogP contribution is 2.37. The maximum atomic E-state index is 11.5. The summed E-state index contributed by atoms with van der Waals surface area (Å²) in [6.07, 6.45) is 4.13. The number of rotatable bonds is 6. The van der Waals surface area contributed by atoms with Crippen LogP contribution in [0.1, 0.15) is 25.0 Å². The molecule has 32 heavy (non-hydrogen) atoms. The topological polar surface area (TPSA) is 101 Å². The van der Waals surface area contributed by atoms with E-state index < -0.39 is 16.1 Å². The average Bonchev–Trinajstić information content (AvgIpc) is 2.75. The van der Waals surface area contributed by atoms with E-state index in [1.165, 1.54) is 19.2 Å². The SMILES string of the molecule is COc1cc(/C=C/CO[C@H]2Cc3cc4ccc(=O)oc4cc3OC2(C)C)ccc1[N+](=O)[O-]. The lowest BCUT2D eigenvalue weighted by atomic mass is 9.90. The van der Waals surface area contributed by atoms with E-state index in [0.29, 0.717) is 24.4 Å². The Kier molecular flexibility index (Phi) is 5.71. The van der Waals surface area contributed by atoms with Crippen LogP contribution in [0.15, 0.2) is 57.8 Å². The van der Waals surface area contributed by atoms with Crippen molar-refractivity contribution in [3.05, 3.63) is 80.2 Å². The van der Waals surface area contributed by atoms with E-state index in [2.05, 4.69) is 0 Å². The third-order valence-electron chi connectivity index (χ3n) is 5.46. The Labute approximate surface area is 184 Å². The second kappa shape index (κ2) is 8.47. The van der Waals surface area contributed by atoms with Crippen molar-refractivity contribution in [2.75, 3.05) is 13.7 Å². The van der Waals surface area contributed by atoms with Crippen molar-refractivity contribution in [1.29, 1.82) is 0 Å². The third-order valence-corrected chi connectivity index (χ3v) is 5.46. The Morgan fingerprint density at radius 1 is 1.22 bits per heavy atom. The zero-order valence-electron chi connectivity index (χ0n) is 18.0. The molecule has 2 aromatic carbocycles. The summed E-state index contributed by atoms with van der Waals surface area (Å²) in [5.41, 5.74) is 1.19. The fourth-order valence-electron chi connectivity index (χ4n) is 3.76. The van der Waals surface area contributed by atoms with Crippen LogP contribution in [0.2, 0.25) is 0 Å². The molecule has 1 aliphatic heterocycles. The summed E-state index contributed by atoms with van der Waals surface area (Å²) in [7, 11) is 1.40. The Morgan fingerprint density at radius 2 is 2.03 bits per heavy atom. The third kappa shape index (κ3) is 4.36. The second-order valence-corrected chi connectivity index (χ2v) is 8.07. The predicted molar refractivity (Wildman–Crippen MR) is 119 cm³/mol. The summed E-state index contributed by atoms with van der Waals surface area (Å²) in [4.78, 5) is 22.0. The van der Waals surface area contributed by atoms with E-state index in [9.17, 15) is 14.9 Å². The van der Waals surface area contributed by atoms with Gasteiger partial charge in [0.05, 0.1) is 18.6 Å². The highest BCUT2D eigenvalue weighted by molar-refractivity contribution is 5.79. The van der Waals surface area contributed by atoms with Gasteiger partial charge >= 0.3 is 11.3 Å². The summed E-state index contributed by atoms with van der Waals surface area (Å²) >= 11 is 0. The molecule has 0 saturated heterocycles. The molecule has 1 aromatic heterocycles. The van der Waals surface area contributed by atoms with Crippen LogP contribution in [0, 0.1) is 10.1 Å². The van der Waals surface area contributed by atoms with E-state index in [0.717, 1.165) is 16.5 Å². The van der Waals surface area contributed by atoms with Gasteiger partial charge in [-0.05, 0) is 49.2 Å². The number of fused-ring (bicyclic) bond motifs is 2. The van der Waals surface area contributed by atoms with Crippen LogP contribution in [0.25, 0.3) is 17.0 Å². The Bertz CT molecular complexity index is 1260. The molecule has 0 fully saturated rings. The van der Waals surface area contributed by atoms with Crippen molar-refractivity contribution < 1.29 is 23.6 Å². The molecule has 2 heterocycles. The molecule has 8 nitrogen and oxygen atoms in total. The molecular formula is C24H23NO7. The van der Waals surface area contributed by atoms with Gasteiger partial charge in [0.25, 0.3) is 0 Å². The average molecular weight is 437 g/mol. The van der Waals surface area contributed by atoms with Crippen LogP contribution in [0.4, 0.5) is 5.69 Å². The molecule has 0 spiro atoms. The molecule has 3 aromatic rings. The summed E-state index contributed by atoms with van der Waals surface area (Å²) in [5, 5.41) is 11.9. The normalized spacial score (nSPS) is 17.2. The molecule has 0 saturated carbocycles. The maximum absolute atomic E-state index is 11.5. The fourth-order valence-corrected chi connectivity index (χ4v) is 3.76. The van der Waals surface area contributed by atoms with Gasteiger partial charge in [-0.25, -0.2) is 4.79 Å². The van der Waals surface area contributed by atoms with Gasteiger partial charge in [0.1, 0.15) is 23.0 Å². The van der Waals surface area contributed by atoms with Crippen LogP contribution in [-0.4, -0.2) is 30.3 Å². The van der Waals surface area contributed by atoms with Gasteiger partial charge in [-0.1, -0.05) is 12.2 Å². The van der Waals surface area contributed by atoms with Crippen molar-refractivity contribution >= 4 is 22.7 Å². The summed E-state index contributed by atoms with van der Waals surface area (Å²) in [5.74, 6) is 0.893. The Balaban J connectivity index is 1.46. The first-order valence-electron chi connectivity index (χ1n) is 10.1. The van der Waals surface area contributed by atoms with E-state index in [1.54, 1.807) is 24.3 Å². The molecule has 0 unspecified atom stereocenters. The van der Waals surface area contributed by atoms with E-state index in [4.69, 9.17) is 18.6 Å². The molecule has 166 valence electrons. The molecule has 0 aliphatic carbocycles. The van der Waals surface area contributed by atoms with Crippen molar-refractivity contribution in [2.45, 2.75) is 32.0 Å². The van der Waals surface area contributed by atoms with Gasteiger partial charge in [0, 0.05) is 30.0 Å². The second-order valence-electron chi connectivity index (χ2n) is 8.07. The molecule has 0 bridgehead atoms. The zero-order chi connectivity index (χ0) is 22.9. The largest absolute Gasteiger partial charge is 0.490 e. The fraction of sp³-hybridized carbons (Fsp3) is 0.292. The van der Waals surface area contributed by atoms with Crippen LogP contribution in [0.5, 0.6) is 11.5 Å². The molecule has 0 amide bonds. The van der Waals surface area contributed by atoms with Crippen LogP contribution in [-0.2, 0) is 11.2 Å². The predicted octanol–water partition coefficient (Wildman–Crippen LogP) is 4.52. The number of nitro benzene ring substituents is 1. The Hall–Kier alpha value is -3.65. The minimum absolute atomic E-state index is 0.0764. The Morgan fingerprint density at radius 3 is 2.78 bits per heavy atom. The van der Waals surface area contributed by atoms with E-state index in [1.807, 2.05) is 32.1 Å². The van der Waals surface area contributed by atoms with Crippen LogP contribution in [0.3, 0.4) is 0 Å². The number of methoxy groups -OCH3 is 1. The summed E-state index contributed by atoms with van der Waals surface area (Å²) in [6.45, 7) is 4.25. The number of hydrogen-bond donors (Lipinski definition) is 0. The van der Waals surface area contributed by atoms with Crippen molar-refractivity contribution in [2.24, 2.45) is 0 Å². The lowest BCUT2D eigenvalue weighted by Crippen LogP contribution is -2.48. The minimum Gasteiger partial charge on any atom is -0.490 e. The molecule has 1 atom stereocenters. The molecular weight excluding hydrogens is 414 g/mol. The highest BCUT2D eigenvalue weighted by Gasteiger charge is 2.38. The summed E-state index contributed by atoms with van der Waals surface area (Å²) in [6, 6.07) is 11.5. The quantitative estimate of drug-likeness (QED) is 0.317. The molecule has 1 aliphatic rings. The van der Waals surface area contributed by atoms with Gasteiger partial charge in [-0.3, -0.25) is 10.1 Å². The van der Waals surface area contributed by atoms with Gasteiger partial charge in [-0.15, -0.1) is 0 Å². The van der Waals surface area contributed by atoms with E-state index >= 15 is 0 Å². The first-order chi connectivity index (χ1) is 15.3. The number of benzene rings is 2. The van der Waals surface area contributed by atoms with E-state index in [-0.39, 0.29) is 17.5 Å². The molecule has 8 heteroatoms. The monoisotopic (exact) mass is 437 g/mol. The van der Waals surface area contributed by atoms with Gasteiger partial charge in [0.15, 0.2) is 5.75 Å². The zero-order valence-corrected chi connectivity index (χ0v) is 18.0. The smallest absolute Gasteiger partial charge is 0.336 e. The van der Waals surface area contributed by atoms with Crippen molar-refractivity contribution in [3.8, 4) is 11.5 Å². The van der Waals surface area contributed by atoms with Crippen molar-refractivity contribution in [1.82, 2.24) is 0 Å². The standard InChI is InChI=1S/C24H23NO7/c1-24(2)22(13-17-12-16-7-9-23(26)31-19(16)14-20(17)32-24)30-10-4-5-15-6-8-18(25(27)28)21(11-15)29-3/h4-9,11-12,14,22H,10,13H2,1-3H3/b5-4+/t22-/m0/s1. The number of ether oxygens (including phenoxy) is 3. The highest BCUT2D eigenvalue weighted by atomic mass is 16.6.